The molecule has 2 rings (SSSR count). The summed E-state index contributed by atoms with van der Waals surface area (Å²) in [5.74, 6) is 2.43. The number of benzene rings is 1. The van der Waals surface area contributed by atoms with Crippen molar-refractivity contribution in [1.82, 2.24) is 9.97 Å². The van der Waals surface area contributed by atoms with Gasteiger partial charge in [0.05, 0.1) is 0 Å². The molecule has 0 radical (unpaired) electrons. The molecule has 0 saturated heterocycles. The molecule has 0 fully saturated rings. The van der Waals surface area contributed by atoms with Crippen LogP contribution in [-0.2, 0) is 11.8 Å². The van der Waals surface area contributed by atoms with Crippen molar-refractivity contribution in [1.29, 1.82) is 0 Å². The molecular formula is C17H23N3O. The summed E-state index contributed by atoms with van der Waals surface area (Å²) in [5.41, 5.74) is 8.16. The predicted octanol–water partition coefficient (Wildman–Crippen LogP) is 4.02. The number of ether oxygens (including phenoxy) is 1. The van der Waals surface area contributed by atoms with Crippen LogP contribution in [0, 0.1) is 6.92 Å². The molecule has 21 heavy (non-hydrogen) atoms. The Balaban J connectivity index is 2.42. The van der Waals surface area contributed by atoms with Gasteiger partial charge in [0.1, 0.15) is 17.4 Å². The molecule has 2 N–H and O–H groups in total. The molecule has 0 unspecified atom stereocenters. The van der Waals surface area contributed by atoms with E-state index in [0.717, 1.165) is 17.7 Å². The lowest BCUT2D eigenvalue weighted by molar-refractivity contribution is 0.437. The topological polar surface area (TPSA) is 61.0 Å². The third-order valence-electron chi connectivity index (χ3n) is 3.24. The Morgan fingerprint density at radius 3 is 2.48 bits per heavy atom. The zero-order valence-corrected chi connectivity index (χ0v) is 13.4. The average molecular weight is 285 g/mol. The van der Waals surface area contributed by atoms with Crippen LogP contribution >= 0.6 is 0 Å². The summed E-state index contributed by atoms with van der Waals surface area (Å²) in [6.07, 6.45) is 0.724. The fourth-order valence-electron chi connectivity index (χ4n) is 2.13. The first-order chi connectivity index (χ1) is 9.79. The first kappa shape index (κ1) is 15.3. The second-order valence-electron chi connectivity index (χ2n) is 6.25. The van der Waals surface area contributed by atoms with E-state index in [9.17, 15) is 0 Å². The zero-order chi connectivity index (χ0) is 15.6. The van der Waals surface area contributed by atoms with Crippen molar-refractivity contribution < 1.29 is 4.74 Å². The van der Waals surface area contributed by atoms with Crippen molar-refractivity contribution in [2.24, 2.45) is 0 Å². The van der Waals surface area contributed by atoms with E-state index in [1.54, 1.807) is 6.07 Å². The van der Waals surface area contributed by atoms with Crippen LogP contribution in [-0.4, -0.2) is 9.97 Å². The van der Waals surface area contributed by atoms with Gasteiger partial charge in [0.2, 0.25) is 5.88 Å². The van der Waals surface area contributed by atoms with E-state index in [4.69, 9.17) is 10.5 Å². The fourth-order valence-corrected chi connectivity index (χ4v) is 2.13. The summed E-state index contributed by atoms with van der Waals surface area (Å²) in [7, 11) is 0. The minimum absolute atomic E-state index is 0.00643. The van der Waals surface area contributed by atoms with Crippen molar-refractivity contribution in [3.63, 3.8) is 0 Å². The van der Waals surface area contributed by atoms with E-state index in [0.29, 0.717) is 17.5 Å². The molecule has 0 bridgehead atoms. The number of anilines is 1. The Kier molecular flexibility index (Phi) is 4.16. The molecule has 2 aromatic rings. The maximum absolute atomic E-state index is 5.98. The van der Waals surface area contributed by atoms with Crippen LogP contribution in [0.25, 0.3) is 0 Å². The van der Waals surface area contributed by atoms with Crippen LogP contribution in [0.5, 0.6) is 11.6 Å². The Morgan fingerprint density at radius 2 is 1.86 bits per heavy atom. The Bertz CT molecular complexity index is 645. The number of aromatic nitrogens is 2. The zero-order valence-electron chi connectivity index (χ0n) is 13.4. The van der Waals surface area contributed by atoms with Gasteiger partial charge in [0, 0.05) is 18.1 Å². The van der Waals surface area contributed by atoms with Gasteiger partial charge in [0.25, 0.3) is 0 Å². The molecule has 0 aliphatic carbocycles. The number of rotatable bonds is 3. The van der Waals surface area contributed by atoms with Gasteiger partial charge in [0.15, 0.2) is 0 Å². The Labute approximate surface area is 126 Å². The van der Waals surface area contributed by atoms with Crippen molar-refractivity contribution >= 4 is 5.82 Å². The highest BCUT2D eigenvalue weighted by Crippen LogP contribution is 2.34. The molecule has 0 aliphatic heterocycles. The van der Waals surface area contributed by atoms with Crippen LogP contribution in [0.1, 0.15) is 44.6 Å². The lowest BCUT2D eigenvalue weighted by Gasteiger charge is -2.23. The van der Waals surface area contributed by atoms with Crippen LogP contribution in [0.4, 0.5) is 5.82 Å². The van der Waals surface area contributed by atoms with Gasteiger partial charge >= 0.3 is 0 Å². The molecule has 0 aliphatic rings. The highest BCUT2D eigenvalue weighted by Gasteiger charge is 2.20. The Hall–Kier alpha value is -2.10. The van der Waals surface area contributed by atoms with Crippen molar-refractivity contribution in [3.05, 3.63) is 41.2 Å². The molecule has 0 spiro atoms. The van der Waals surface area contributed by atoms with Crippen LogP contribution < -0.4 is 10.5 Å². The van der Waals surface area contributed by atoms with Gasteiger partial charge < -0.3 is 10.5 Å². The molecule has 4 heteroatoms. The van der Waals surface area contributed by atoms with E-state index in [-0.39, 0.29) is 5.41 Å². The van der Waals surface area contributed by atoms with Gasteiger partial charge in [-0.25, -0.2) is 4.98 Å². The minimum Gasteiger partial charge on any atom is -0.439 e. The quantitative estimate of drug-likeness (QED) is 0.925. The lowest BCUT2D eigenvalue weighted by Crippen LogP contribution is -2.13. The second-order valence-corrected chi connectivity index (χ2v) is 6.25. The van der Waals surface area contributed by atoms with Crippen LogP contribution in [0.15, 0.2) is 24.3 Å². The highest BCUT2D eigenvalue weighted by molar-refractivity contribution is 5.44. The third-order valence-corrected chi connectivity index (χ3v) is 3.24. The number of nitrogens with zero attached hydrogens (tertiary/aromatic N) is 2. The highest BCUT2D eigenvalue weighted by atomic mass is 16.5. The molecule has 0 amide bonds. The van der Waals surface area contributed by atoms with Gasteiger partial charge in [-0.15, -0.1) is 0 Å². The summed E-state index contributed by atoms with van der Waals surface area (Å²) in [6, 6.07) is 7.84. The summed E-state index contributed by atoms with van der Waals surface area (Å²) >= 11 is 0. The summed E-state index contributed by atoms with van der Waals surface area (Å²) in [4.78, 5) is 8.55. The van der Waals surface area contributed by atoms with Crippen molar-refractivity contribution in [3.8, 4) is 11.6 Å². The second kappa shape index (κ2) is 5.72. The van der Waals surface area contributed by atoms with E-state index >= 15 is 0 Å². The SMILES string of the molecule is CCc1nc(N)cc(Oc2ccc(C)cc2C(C)(C)C)n1. The average Bonchev–Trinajstić information content (AvgIpc) is 2.39. The lowest BCUT2D eigenvalue weighted by atomic mass is 9.85. The smallest absolute Gasteiger partial charge is 0.224 e. The van der Waals surface area contributed by atoms with Crippen LogP contribution in [0.2, 0.25) is 0 Å². The standard InChI is InChI=1S/C17H23N3O/c1-6-15-19-14(18)10-16(20-15)21-13-8-7-11(2)9-12(13)17(3,4)5/h7-10H,6H2,1-5H3,(H2,18,19,20). The van der Waals surface area contributed by atoms with Crippen LogP contribution in [0.3, 0.4) is 0 Å². The monoisotopic (exact) mass is 285 g/mol. The first-order valence-corrected chi connectivity index (χ1v) is 7.22. The number of aryl methyl sites for hydroxylation is 2. The molecule has 112 valence electrons. The summed E-state index contributed by atoms with van der Waals surface area (Å²) < 4.78 is 5.98. The summed E-state index contributed by atoms with van der Waals surface area (Å²) in [5, 5.41) is 0. The molecule has 0 atom stereocenters. The summed E-state index contributed by atoms with van der Waals surface area (Å²) in [6.45, 7) is 10.6. The maximum Gasteiger partial charge on any atom is 0.224 e. The molecule has 1 heterocycles. The van der Waals surface area contributed by atoms with E-state index in [2.05, 4.69) is 43.7 Å². The number of nitrogen functional groups attached to an aromatic ring is 1. The number of nitrogens with two attached hydrogens (primary N) is 1. The first-order valence-electron chi connectivity index (χ1n) is 7.22. The molecule has 4 nitrogen and oxygen atoms in total. The molecule has 1 aromatic heterocycles. The molecule has 1 aromatic carbocycles. The molecule has 0 saturated carbocycles. The predicted molar refractivity (Wildman–Crippen MR) is 85.8 cm³/mol. The van der Waals surface area contributed by atoms with Gasteiger partial charge in [-0.05, 0) is 18.4 Å². The fraction of sp³-hybridized carbons (Fsp3) is 0.412. The third kappa shape index (κ3) is 3.72. The minimum atomic E-state index is -0.00643. The van der Waals surface area contributed by atoms with E-state index < -0.39 is 0 Å². The molecular weight excluding hydrogens is 262 g/mol. The largest absolute Gasteiger partial charge is 0.439 e. The maximum atomic E-state index is 5.98. The van der Waals surface area contributed by atoms with Gasteiger partial charge in [-0.2, -0.15) is 4.98 Å². The van der Waals surface area contributed by atoms with Gasteiger partial charge in [-0.1, -0.05) is 45.4 Å². The van der Waals surface area contributed by atoms with Crippen molar-refractivity contribution in [2.75, 3.05) is 5.73 Å². The van der Waals surface area contributed by atoms with E-state index in [1.165, 1.54) is 5.56 Å². The number of hydrogen-bond acceptors (Lipinski definition) is 4. The normalized spacial score (nSPS) is 11.5. The van der Waals surface area contributed by atoms with Gasteiger partial charge in [-0.3, -0.25) is 0 Å². The van der Waals surface area contributed by atoms with E-state index in [1.807, 2.05) is 19.1 Å². The number of hydrogen-bond donors (Lipinski definition) is 1. The van der Waals surface area contributed by atoms with Crippen molar-refractivity contribution in [2.45, 2.75) is 46.5 Å². The Morgan fingerprint density at radius 1 is 1.14 bits per heavy atom.